The zero-order chi connectivity index (χ0) is 26.6. The summed E-state index contributed by atoms with van der Waals surface area (Å²) in [7, 11) is 0. The van der Waals surface area contributed by atoms with Crippen molar-refractivity contribution in [3.05, 3.63) is 89.6 Å². The van der Waals surface area contributed by atoms with Crippen molar-refractivity contribution in [2.24, 2.45) is 11.8 Å². The number of para-hydroxylation sites is 1. The number of fused-ring (bicyclic) bond motifs is 4. The number of quaternary nitrogens is 1. The Morgan fingerprint density at radius 1 is 1.03 bits per heavy atom. The number of pyridine rings is 1. The maximum Gasteiger partial charge on any atom is 0.416 e. The van der Waals surface area contributed by atoms with Crippen LogP contribution in [0.3, 0.4) is 0 Å². The van der Waals surface area contributed by atoms with E-state index in [1.165, 1.54) is 0 Å². The Labute approximate surface area is 210 Å². The molecule has 4 heterocycles. The van der Waals surface area contributed by atoms with Crippen molar-refractivity contribution < 1.29 is 35.9 Å². The Kier molecular flexibility index (Phi) is 6.35. The molecule has 196 valence electrons. The first-order valence-corrected chi connectivity index (χ1v) is 12.2. The maximum atomic E-state index is 13.6. The van der Waals surface area contributed by atoms with Crippen LogP contribution in [0.1, 0.15) is 41.2 Å². The zero-order valence-corrected chi connectivity index (χ0v) is 19.9. The molecule has 0 aliphatic carbocycles. The van der Waals surface area contributed by atoms with Gasteiger partial charge < -0.3 is 9.59 Å². The molecule has 1 aromatic heterocycles. The van der Waals surface area contributed by atoms with Crippen LogP contribution in [0.15, 0.2) is 67.4 Å². The summed E-state index contributed by atoms with van der Waals surface area (Å²) in [5, 5.41) is 12.5. The fourth-order valence-corrected chi connectivity index (χ4v) is 6.44. The highest BCUT2D eigenvalue weighted by molar-refractivity contribution is 5.82. The van der Waals surface area contributed by atoms with Gasteiger partial charge in [0.1, 0.15) is 18.7 Å². The van der Waals surface area contributed by atoms with Crippen LogP contribution in [-0.4, -0.2) is 33.7 Å². The smallest absolute Gasteiger partial charge is 0.382 e. The van der Waals surface area contributed by atoms with Crippen LogP contribution in [0.4, 0.5) is 26.3 Å². The molecule has 0 spiro atoms. The number of hydrogen-bond acceptors (Lipinski definition) is 2. The van der Waals surface area contributed by atoms with Crippen LogP contribution < -0.4 is 0 Å². The molecule has 2 aromatic carbocycles. The third-order valence-electron chi connectivity index (χ3n) is 8.19. The van der Waals surface area contributed by atoms with Crippen LogP contribution in [0, 0.1) is 11.8 Å². The summed E-state index contributed by atoms with van der Waals surface area (Å²) in [6.45, 7) is 4.93. The first-order valence-electron chi connectivity index (χ1n) is 12.2. The molecule has 0 amide bonds. The van der Waals surface area contributed by atoms with E-state index >= 15 is 0 Å². The number of aromatic nitrogens is 1. The standard InChI is InChI=1S/C28H27F6N2O/c1-2-18-16-36(15-17-11-20(27(29,30)31)14-21(12-17)28(32,33)34)10-8-19(18)13-25(36)26(37)23-7-9-35-24-6-4-3-5-22(23)24/h2-7,9,11-12,14,18-19,25-26,37H,1,8,10,13,15-16H2/q+1/t18?,19-,25?,26+,36+/m0/s1. The minimum absolute atomic E-state index is 0.0397. The molecule has 5 atom stereocenters. The molecule has 3 saturated heterocycles. The SMILES string of the molecule is C=CC1C[N@+]2(Cc3cc(C(F)(F)F)cc(C(F)(F)F)c3)CC[C@H]1CC2[C@H](O)c1ccnc2ccccc12. The quantitative estimate of drug-likeness (QED) is 0.225. The van der Waals surface area contributed by atoms with Crippen molar-refractivity contribution in [1.82, 2.24) is 4.98 Å². The highest BCUT2D eigenvalue weighted by Crippen LogP contribution is 2.48. The van der Waals surface area contributed by atoms with E-state index in [-0.39, 0.29) is 34.5 Å². The van der Waals surface area contributed by atoms with Crippen LogP contribution in [0.25, 0.3) is 10.9 Å². The van der Waals surface area contributed by atoms with Crippen LogP contribution in [0.5, 0.6) is 0 Å². The number of halogens is 6. The maximum absolute atomic E-state index is 13.6. The van der Waals surface area contributed by atoms with Gasteiger partial charge >= 0.3 is 12.4 Å². The second-order valence-electron chi connectivity index (χ2n) is 10.3. The summed E-state index contributed by atoms with van der Waals surface area (Å²) in [5.41, 5.74) is -1.31. The van der Waals surface area contributed by atoms with Crippen molar-refractivity contribution in [3.63, 3.8) is 0 Å². The number of benzene rings is 2. The zero-order valence-electron chi connectivity index (χ0n) is 19.9. The van der Waals surface area contributed by atoms with E-state index in [2.05, 4.69) is 11.6 Å². The van der Waals surface area contributed by atoms with E-state index in [9.17, 15) is 31.4 Å². The summed E-state index contributed by atoms with van der Waals surface area (Å²) < 4.78 is 81.6. The molecule has 1 N–H and O–H groups in total. The Morgan fingerprint density at radius 2 is 1.70 bits per heavy atom. The summed E-state index contributed by atoms with van der Waals surface area (Å²) in [4.78, 5) is 4.35. The van der Waals surface area contributed by atoms with Gasteiger partial charge in [-0.05, 0) is 41.8 Å². The van der Waals surface area contributed by atoms with Gasteiger partial charge in [-0.15, -0.1) is 6.58 Å². The lowest BCUT2D eigenvalue weighted by molar-refractivity contribution is -0.984. The highest BCUT2D eigenvalue weighted by atomic mass is 19.4. The fraction of sp³-hybridized carbons (Fsp3) is 0.393. The van der Waals surface area contributed by atoms with E-state index < -0.39 is 35.6 Å². The summed E-state index contributed by atoms with van der Waals surface area (Å²) in [6.07, 6.45) is -5.99. The average molecular weight is 522 g/mol. The lowest BCUT2D eigenvalue weighted by Gasteiger charge is -2.58. The molecule has 9 heteroatoms. The summed E-state index contributed by atoms with van der Waals surface area (Å²) >= 11 is 0. The van der Waals surface area contributed by atoms with Crippen LogP contribution in [-0.2, 0) is 18.9 Å². The Morgan fingerprint density at radius 3 is 2.35 bits per heavy atom. The van der Waals surface area contributed by atoms with Crippen molar-refractivity contribution in [3.8, 4) is 0 Å². The number of aliphatic hydroxyl groups excluding tert-OH is 1. The van der Waals surface area contributed by atoms with Gasteiger partial charge in [0.2, 0.25) is 0 Å². The predicted octanol–water partition coefficient (Wildman–Crippen LogP) is 6.92. The first kappa shape index (κ1) is 25.7. The molecule has 3 fully saturated rings. The molecule has 2 unspecified atom stereocenters. The summed E-state index contributed by atoms with van der Waals surface area (Å²) in [6, 6.07) is 10.5. The molecular formula is C28H27F6N2O+. The lowest BCUT2D eigenvalue weighted by Crippen LogP contribution is -2.67. The van der Waals surface area contributed by atoms with Crippen molar-refractivity contribution >= 4 is 10.9 Å². The third kappa shape index (κ3) is 4.75. The monoisotopic (exact) mass is 521 g/mol. The number of aliphatic hydroxyl groups is 1. The van der Waals surface area contributed by atoms with E-state index in [1.807, 2.05) is 30.3 Å². The molecule has 0 saturated carbocycles. The topological polar surface area (TPSA) is 33.1 Å². The van der Waals surface area contributed by atoms with Gasteiger partial charge in [0.25, 0.3) is 0 Å². The number of piperidine rings is 3. The molecule has 0 radical (unpaired) electrons. The largest absolute Gasteiger partial charge is 0.416 e. The second-order valence-corrected chi connectivity index (χ2v) is 10.3. The second kappa shape index (κ2) is 9.13. The van der Waals surface area contributed by atoms with Crippen LogP contribution in [0.2, 0.25) is 0 Å². The van der Waals surface area contributed by atoms with E-state index in [1.54, 1.807) is 12.3 Å². The van der Waals surface area contributed by atoms with Gasteiger partial charge in [0.15, 0.2) is 0 Å². The van der Waals surface area contributed by atoms with E-state index in [0.717, 1.165) is 23.9 Å². The van der Waals surface area contributed by atoms with Gasteiger partial charge in [-0.3, -0.25) is 4.98 Å². The number of nitrogens with zero attached hydrogens (tertiary/aromatic N) is 2. The van der Waals surface area contributed by atoms with E-state index in [0.29, 0.717) is 30.6 Å². The molecule has 37 heavy (non-hydrogen) atoms. The normalized spacial score (nSPS) is 26.8. The average Bonchev–Trinajstić information content (AvgIpc) is 2.86. The third-order valence-corrected chi connectivity index (χ3v) is 8.19. The van der Waals surface area contributed by atoms with Gasteiger partial charge in [-0.2, -0.15) is 26.3 Å². The number of rotatable bonds is 5. The molecule has 2 bridgehead atoms. The molecule has 6 rings (SSSR count). The van der Waals surface area contributed by atoms with Gasteiger partial charge in [-0.1, -0.05) is 24.3 Å². The minimum atomic E-state index is -4.91. The van der Waals surface area contributed by atoms with Gasteiger partial charge in [-0.25, -0.2) is 0 Å². The minimum Gasteiger partial charge on any atom is -0.382 e. The summed E-state index contributed by atoms with van der Waals surface area (Å²) in [5.74, 6) is 0.316. The van der Waals surface area contributed by atoms with Crippen molar-refractivity contribution in [1.29, 1.82) is 0 Å². The lowest BCUT2D eigenvalue weighted by atomic mass is 9.71. The molecular weight excluding hydrogens is 494 g/mol. The molecule has 3 nitrogen and oxygen atoms in total. The number of hydrogen-bond donors (Lipinski definition) is 1. The first-order chi connectivity index (χ1) is 17.4. The molecule has 3 aliphatic heterocycles. The van der Waals surface area contributed by atoms with Gasteiger partial charge in [0.05, 0.1) is 29.7 Å². The predicted molar refractivity (Wildman–Crippen MR) is 127 cm³/mol. The van der Waals surface area contributed by atoms with Crippen molar-refractivity contribution in [2.75, 3.05) is 13.1 Å². The molecule has 3 aliphatic rings. The van der Waals surface area contributed by atoms with Gasteiger partial charge in [0, 0.05) is 35.9 Å². The van der Waals surface area contributed by atoms with E-state index in [4.69, 9.17) is 0 Å². The Bertz CT molecular complexity index is 1280. The van der Waals surface area contributed by atoms with Crippen molar-refractivity contribution in [2.45, 2.75) is 43.9 Å². The van der Waals surface area contributed by atoms with Crippen LogP contribution >= 0.6 is 0 Å². The number of alkyl halides is 6. The highest BCUT2D eigenvalue weighted by Gasteiger charge is 2.54. The molecule has 3 aromatic rings. The fourth-order valence-electron chi connectivity index (χ4n) is 6.44. The Balaban J connectivity index is 1.59. The Hall–Kier alpha value is -2.91.